The van der Waals surface area contributed by atoms with Gasteiger partial charge in [0.15, 0.2) is 0 Å². The van der Waals surface area contributed by atoms with Crippen molar-refractivity contribution >= 4 is 23.8 Å². The van der Waals surface area contributed by atoms with E-state index in [-0.39, 0.29) is 5.91 Å². The molecule has 0 fully saturated rings. The number of amides is 2. The Morgan fingerprint density at radius 3 is 1.93 bits per heavy atom. The Bertz CT molecular complexity index is 524. The predicted octanol–water partition coefficient (Wildman–Crippen LogP) is -0.258. The molecule has 0 bridgehead atoms. The molecule has 28 heavy (non-hydrogen) atoms. The summed E-state index contributed by atoms with van der Waals surface area (Å²) in [5, 5.41) is 22.1. The minimum absolute atomic E-state index is 0.215. The second-order valence-corrected chi connectivity index (χ2v) is 5.82. The van der Waals surface area contributed by atoms with Crippen LogP contribution in [0.4, 0.5) is 0 Å². The SMILES string of the molecule is C=CC(=O)NC(CCCCN)C(=O)O.C=CC(=O)NCCCCC(N)C(=O)O. The van der Waals surface area contributed by atoms with E-state index in [0.29, 0.717) is 38.8 Å². The third-order valence-electron chi connectivity index (χ3n) is 3.49. The van der Waals surface area contributed by atoms with Crippen molar-refractivity contribution in [2.24, 2.45) is 11.5 Å². The van der Waals surface area contributed by atoms with Crippen molar-refractivity contribution in [3.63, 3.8) is 0 Å². The zero-order chi connectivity index (χ0) is 21.9. The van der Waals surface area contributed by atoms with E-state index in [0.717, 1.165) is 18.9 Å². The van der Waals surface area contributed by atoms with Gasteiger partial charge in [-0.05, 0) is 57.2 Å². The van der Waals surface area contributed by atoms with E-state index in [1.807, 2.05) is 0 Å². The maximum Gasteiger partial charge on any atom is 0.326 e. The van der Waals surface area contributed by atoms with Crippen LogP contribution in [-0.4, -0.2) is 59.1 Å². The summed E-state index contributed by atoms with van der Waals surface area (Å²) in [4.78, 5) is 42.5. The highest BCUT2D eigenvalue weighted by atomic mass is 16.4. The van der Waals surface area contributed by atoms with E-state index in [2.05, 4.69) is 23.8 Å². The summed E-state index contributed by atoms with van der Waals surface area (Å²) in [6, 6.07) is -1.64. The van der Waals surface area contributed by atoms with Crippen LogP contribution in [0, 0.1) is 0 Å². The summed E-state index contributed by atoms with van der Waals surface area (Å²) in [5.41, 5.74) is 10.5. The second kappa shape index (κ2) is 17.7. The van der Waals surface area contributed by atoms with Crippen molar-refractivity contribution in [2.45, 2.75) is 50.6 Å². The lowest BCUT2D eigenvalue weighted by atomic mass is 10.1. The summed E-state index contributed by atoms with van der Waals surface area (Å²) in [7, 11) is 0. The van der Waals surface area contributed by atoms with Gasteiger partial charge in [0.1, 0.15) is 12.1 Å². The number of nitrogens with one attached hydrogen (secondary N) is 2. The first kappa shape index (κ1) is 27.5. The van der Waals surface area contributed by atoms with Crippen LogP contribution in [0.5, 0.6) is 0 Å². The quantitative estimate of drug-likeness (QED) is 0.170. The molecule has 0 aliphatic carbocycles. The Balaban J connectivity index is 0. The van der Waals surface area contributed by atoms with Crippen molar-refractivity contribution in [1.29, 1.82) is 0 Å². The number of carboxylic acid groups (broad SMARTS) is 2. The van der Waals surface area contributed by atoms with Gasteiger partial charge in [0, 0.05) is 6.54 Å². The Morgan fingerprint density at radius 2 is 1.46 bits per heavy atom. The van der Waals surface area contributed by atoms with Crippen LogP contribution in [-0.2, 0) is 19.2 Å². The lowest BCUT2D eigenvalue weighted by Gasteiger charge is -2.12. The van der Waals surface area contributed by atoms with Crippen molar-refractivity contribution < 1.29 is 29.4 Å². The van der Waals surface area contributed by atoms with Crippen LogP contribution in [0.15, 0.2) is 25.3 Å². The molecule has 0 aromatic heterocycles. The van der Waals surface area contributed by atoms with Gasteiger partial charge < -0.3 is 32.3 Å². The summed E-state index contributed by atoms with van der Waals surface area (Å²) in [6.07, 6.45) is 5.93. The Kier molecular flexibility index (Phi) is 17.4. The first-order chi connectivity index (χ1) is 13.2. The van der Waals surface area contributed by atoms with Gasteiger partial charge in [0.05, 0.1) is 0 Å². The molecule has 0 spiro atoms. The zero-order valence-electron chi connectivity index (χ0n) is 16.1. The van der Waals surface area contributed by atoms with E-state index in [9.17, 15) is 19.2 Å². The summed E-state index contributed by atoms with van der Waals surface area (Å²) in [6.45, 7) is 7.60. The molecule has 160 valence electrons. The Hall–Kier alpha value is -2.72. The number of carbonyl (C=O) groups is 4. The molecule has 0 aliphatic rings. The van der Waals surface area contributed by atoms with Crippen LogP contribution in [0.1, 0.15) is 38.5 Å². The molecule has 2 unspecified atom stereocenters. The number of hydrogen-bond donors (Lipinski definition) is 6. The molecule has 0 saturated carbocycles. The highest BCUT2D eigenvalue weighted by molar-refractivity contribution is 5.90. The molecule has 2 atom stereocenters. The molecule has 0 saturated heterocycles. The van der Waals surface area contributed by atoms with E-state index >= 15 is 0 Å². The van der Waals surface area contributed by atoms with Gasteiger partial charge in [-0.1, -0.05) is 13.2 Å². The molecule has 0 aromatic rings. The average Bonchev–Trinajstić information content (AvgIpc) is 2.66. The largest absolute Gasteiger partial charge is 0.480 e. The van der Waals surface area contributed by atoms with Crippen LogP contribution in [0.2, 0.25) is 0 Å². The van der Waals surface area contributed by atoms with Gasteiger partial charge in [-0.25, -0.2) is 4.79 Å². The third kappa shape index (κ3) is 16.7. The molecule has 8 N–H and O–H groups in total. The van der Waals surface area contributed by atoms with E-state index in [1.165, 1.54) is 6.08 Å². The molecular weight excluding hydrogens is 368 g/mol. The number of rotatable bonds is 14. The van der Waals surface area contributed by atoms with Crippen molar-refractivity contribution in [1.82, 2.24) is 10.6 Å². The molecule has 0 radical (unpaired) electrons. The molecule has 10 nitrogen and oxygen atoms in total. The highest BCUT2D eigenvalue weighted by Crippen LogP contribution is 2.00. The molecule has 10 heteroatoms. The monoisotopic (exact) mass is 400 g/mol. The molecule has 0 aliphatic heterocycles. The number of nitrogens with two attached hydrogens (primary N) is 2. The fourth-order valence-electron chi connectivity index (χ4n) is 1.88. The zero-order valence-corrected chi connectivity index (χ0v) is 16.1. The van der Waals surface area contributed by atoms with Gasteiger partial charge in [-0.15, -0.1) is 0 Å². The standard InChI is InChI=1S/2C9H16N2O3/c1-2-8(12)11-6-4-3-5-7(10)9(13)14;1-2-8(12)11-7(9(13)14)5-3-4-6-10/h2*2,7H,1,3-6,10H2,(H,11,12)(H,13,14). The molecule has 0 heterocycles. The second-order valence-electron chi connectivity index (χ2n) is 5.82. The van der Waals surface area contributed by atoms with Gasteiger partial charge in [-0.2, -0.15) is 0 Å². The summed E-state index contributed by atoms with van der Waals surface area (Å²) in [5.74, 6) is -2.70. The smallest absolute Gasteiger partial charge is 0.326 e. The van der Waals surface area contributed by atoms with E-state index in [4.69, 9.17) is 21.7 Å². The first-order valence-corrected chi connectivity index (χ1v) is 8.94. The van der Waals surface area contributed by atoms with Crippen molar-refractivity contribution in [3.8, 4) is 0 Å². The number of aliphatic carboxylic acids is 2. The fourth-order valence-corrected chi connectivity index (χ4v) is 1.88. The van der Waals surface area contributed by atoms with Crippen LogP contribution >= 0.6 is 0 Å². The maximum atomic E-state index is 10.8. The highest BCUT2D eigenvalue weighted by Gasteiger charge is 2.17. The van der Waals surface area contributed by atoms with Gasteiger partial charge in [0.2, 0.25) is 11.8 Å². The predicted molar refractivity (Wildman–Crippen MR) is 105 cm³/mol. The lowest BCUT2D eigenvalue weighted by Crippen LogP contribution is -2.39. The number of carbonyl (C=O) groups excluding carboxylic acids is 2. The summed E-state index contributed by atoms with van der Waals surface area (Å²) >= 11 is 0. The van der Waals surface area contributed by atoms with Crippen LogP contribution < -0.4 is 22.1 Å². The number of unbranched alkanes of at least 4 members (excludes halogenated alkanes) is 2. The number of hydrogen-bond acceptors (Lipinski definition) is 6. The average molecular weight is 400 g/mol. The Morgan fingerprint density at radius 1 is 0.893 bits per heavy atom. The Labute approximate surface area is 165 Å². The van der Waals surface area contributed by atoms with Crippen LogP contribution in [0.25, 0.3) is 0 Å². The fraction of sp³-hybridized carbons (Fsp3) is 0.556. The van der Waals surface area contributed by atoms with Crippen LogP contribution in [0.3, 0.4) is 0 Å². The minimum atomic E-state index is -1.03. The van der Waals surface area contributed by atoms with Gasteiger partial charge in [-0.3, -0.25) is 14.4 Å². The summed E-state index contributed by atoms with van der Waals surface area (Å²) < 4.78 is 0. The number of carboxylic acids is 2. The van der Waals surface area contributed by atoms with E-state index < -0.39 is 29.9 Å². The normalized spacial score (nSPS) is 11.8. The molecule has 0 rings (SSSR count). The molecule has 0 aromatic carbocycles. The topological polar surface area (TPSA) is 185 Å². The van der Waals surface area contributed by atoms with E-state index in [1.54, 1.807) is 0 Å². The lowest BCUT2D eigenvalue weighted by molar-refractivity contribution is -0.141. The molecule has 2 amide bonds. The van der Waals surface area contributed by atoms with Crippen molar-refractivity contribution in [3.05, 3.63) is 25.3 Å². The third-order valence-corrected chi connectivity index (χ3v) is 3.49. The van der Waals surface area contributed by atoms with Gasteiger partial charge >= 0.3 is 11.9 Å². The van der Waals surface area contributed by atoms with Gasteiger partial charge in [0.25, 0.3) is 0 Å². The minimum Gasteiger partial charge on any atom is -0.480 e. The maximum absolute atomic E-state index is 10.8. The first-order valence-electron chi connectivity index (χ1n) is 8.94. The van der Waals surface area contributed by atoms with Crippen molar-refractivity contribution in [2.75, 3.05) is 13.1 Å². The molecular formula is C18H32N4O6.